The summed E-state index contributed by atoms with van der Waals surface area (Å²) in [4.78, 5) is 11.7. The lowest BCUT2D eigenvalue weighted by molar-refractivity contribution is 0.172. The number of allylic oxidation sites excluding steroid dienone is 1. The molecule has 1 aliphatic carbocycles. The molecule has 0 spiro atoms. The third-order valence-electron chi connectivity index (χ3n) is 3.32. The van der Waals surface area contributed by atoms with E-state index in [1.54, 1.807) is 0 Å². The number of hydrogen-bond donors (Lipinski definition) is 3. The Morgan fingerprint density at radius 3 is 2.75 bits per heavy atom. The maximum Gasteiger partial charge on any atom is 0.315 e. The van der Waals surface area contributed by atoms with E-state index in [0.29, 0.717) is 5.56 Å². The molecule has 1 aliphatic rings. The molecule has 2 unspecified atom stereocenters. The van der Waals surface area contributed by atoms with Crippen molar-refractivity contribution in [2.24, 2.45) is 0 Å². The topological polar surface area (TPSA) is 61.4 Å². The fourth-order valence-corrected chi connectivity index (χ4v) is 2.15. The Hall–Kier alpha value is -1.88. The minimum atomic E-state index is -0.840. The predicted octanol–water partition coefficient (Wildman–Crippen LogP) is 2.27. The highest BCUT2D eigenvalue weighted by Gasteiger charge is 2.14. The maximum absolute atomic E-state index is 12.8. The van der Waals surface area contributed by atoms with E-state index in [9.17, 15) is 14.3 Å². The van der Waals surface area contributed by atoms with Crippen molar-refractivity contribution in [3.05, 3.63) is 47.8 Å². The molecule has 0 radical (unpaired) electrons. The lowest BCUT2D eigenvalue weighted by atomic mass is 10.0. The number of halogens is 1. The van der Waals surface area contributed by atoms with E-state index in [1.165, 1.54) is 24.3 Å². The number of carbonyl (C=O) groups is 1. The number of hydrogen-bond acceptors (Lipinski definition) is 2. The number of nitrogens with one attached hydrogen (secondary N) is 2. The van der Waals surface area contributed by atoms with Crippen molar-refractivity contribution in [1.82, 2.24) is 10.6 Å². The molecule has 3 N–H and O–H groups in total. The molecule has 0 saturated heterocycles. The van der Waals surface area contributed by atoms with Crippen LogP contribution in [0.1, 0.15) is 30.9 Å². The van der Waals surface area contributed by atoms with Gasteiger partial charge in [0, 0.05) is 12.6 Å². The molecule has 2 atom stereocenters. The van der Waals surface area contributed by atoms with Gasteiger partial charge in [0.25, 0.3) is 0 Å². The SMILES string of the molecule is O=C(NCC(O)c1ccc(F)cc1)NC1CC=CCC1. The number of rotatable bonds is 4. The second kappa shape index (κ2) is 7.05. The van der Waals surface area contributed by atoms with Crippen molar-refractivity contribution in [2.75, 3.05) is 6.54 Å². The average molecular weight is 278 g/mol. The van der Waals surface area contributed by atoms with Gasteiger partial charge in [-0.15, -0.1) is 0 Å². The van der Waals surface area contributed by atoms with Crippen LogP contribution in [0.25, 0.3) is 0 Å². The molecular formula is C15H19FN2O2. The van der Waals surface area contributed by atoms with Crippen LogP contribution in [-0.2, 0) is 0 Å². The van der Waals surface area contributed by atoms with E-state index in [1.807, 2.05) is 0 Å². The smallest absolute Gasteiger partial charge is 0.315 e. The summed E-state index contributed by atoms with van der Waals surface area (Å²) >= 11 is 0. The minimum absolute atomic E-state index is 0.0972. The quantitative estimate of drug-likeness (QED) is 0.740. The first-order valence-corrected chi connectivity index (χ1v) is 6.78. The van der Waals surface area contributed by atoms with Gasteiger partial charge in [-0.2, -0.15) is 0 Å². The highest BCUT2D eigenvalue weighted by molar-refractivity contribution is 5.74. The zero-order valence-corrected chi connectivity index (χ0v) is 11.2. The second-order valence-electron chi connectivity index (χ2n) is 4.90. The molecule has 1 aromatic carbocycles. The lowest BCUT2D eigenvalue weighted by Gasteiger charge is -2.20. The number of amides is 2. The number of carbonyl (C=O) groups excluding carboxylic acids is 1. The fraction of sp³-hybridized carbons (Fsp3) is 0.400. The molecule has 1 aromatic rings. The Kier molecular flexibility index (Phi) is 5.12. The van der Waals surface area contributed by atoms with Gasteiger partial charge < -0.3 is 15.7 Å². The molecule has 0 heterocycles. The molecule has 0 fully saturated rings. The normalized spacial score (nSPS) is 19.4. The number of urea groups is 1. The molecule has 20 heavy (non-hydrogen) atoms. The van der Waals surface area contributed by atoms with E-state index < -0.39 is 6.10 Å². The Bertz CT molecular complexity index is 473. The summed E-state index contributed by atoms with van der Waals surface area (Å²) in [6, 6.07) is 5.45. The first kappa shape index (κ1) is 14.5. The highest BCUT2D eigenvalue weighted by atomic mass is 19.1. The summed E-state index contributed by atoms with van der Waals surface area (Å²) in [5.41, 5.74) is 0.576. The summed E-state index contributed by atoms with van der Waals surface area (Å²) in [7, 11) is 0. The fourth-order valence-electron chi connectivity index (χ4n) is 2.15. The van der Waals surface area contributed by atoms with Crippen molar-refractivity contribution in [1.29, 1.82) is 0 Å². The monoisotopic (exact) mass is 278 g/mol. The van der Waals surface area contributed by atoms with Gasteiger partial charge in [0.2, 0.25) is 0 Å². The summed E-state index contributed by atoms with van der Waals surface area (Å²) in [5, 5.41) is 15.4. The van der Waals surface area contributed by atoms with Crippen LogP contribution in [-0.4, -0.2) is 23.7 Å². The van der Waals surface area contributed by atoms with Crippen LogP contribution in [0.4, 0.5) is 9.18 Å². The molecular weight excluding hydrogens is 259 g/mol. The van der Waals surface area contributed by atoms with Gasteiger partial charge >= 0.3 is 6.03 Å². The van der Waals surface area contributed by atoms with Crippen molar-refractivity contribution < 1.29 is 14.3 Å². The summed E-state index contributed by atoms with van der Waals surface area (Å²) in [6.45, 7) is 0.0972. The highest BCUT2D eigenvalue weighted by Crippen LogP contribution is 2.13. The first-order valence-electron chi connectivity index (χ1n) is 6.78. The van der Waals surface area contributed by atoms with Gasteiger partial charge in [-0.1, -0.05) is 24.3 Å². The Morgan fingerprint density at radius 1 is 1.35 bits per heavy atom. The Morgan fingerprint density at radius 2 is 2.10 bits per heavy atom. The summed E-state index contributed by atoms with van der Waals surface area (Å²) in [6.07, 6.45) is 6.07. The number of aliphatic hydroxyl groups is 1. The molecule has 0 saturated carbocycles. The summed E-state index contributed by atoms with van der Waals surface area (Å²) in [5.74, 6) is -0.350. The van der Waals surface area contributed by atoms with Crippen LogP contribution in [0.2, 0.25) is 0 Å². The first-order chi connectivity index (χ1) is 9.65. The van der Waals surface area contributed by atoms with Gasteiger partial charge in [0.15, 0.2) is 0 Å². The molecule has 5 heteroatoms. The second-order valence-corrected chi connectivity index (χ2v) is 4.90. The van der Waals surface area contributed by atoms with Gasteiger partial charge in [-0.05, 0) is 37.0 Å². The molecule has 4 nitrogen and oxygen atoms in total. The average Bonchev–Trinajstić information content (AvgIpc) is 2.46. The van der Waals surface area contributed by atoms with Crippen molar-refractivity contribution >= 4 is 6.03 Å². The lowest BCUT2D eigenvalue weighted by Crippen LogP contribution is -2.43. The standard InChI is InChI=1S/C15H19FN2O2/c16-12-8-6-11(7-9-12)14(19)10-17-15(20)18-13-4-2-1-3-5-13/h1-2,6-9,13-14,19H,3-5,10H2,(H2,17,18,20). The van der Waals surface area contributed by atoms with Gasteiger partial charge in [-0.25, -0.2) is 9.18 Å². The van der Waals surface area contributed by atoms with Gasteiger partial charge in [0.1, 0.15) is 5.82 Å². The van der Waals surface area contributed by atoms with E-state index in [4.69, 9.17) is 0 Å². The Labute approximate surface area is 117 Å². The van der Waals surface area contributed by atoms with Gasteiger partial charge in [-0.3, -0.25) is 0 Å². The van der Waals surface area contributed by atoms with E-state index in [2.05, 4.69) is 22.8 Å². The van der Waals surface area contributed by atoms with E-state index in [0.717, 1.165) is 19.3 Å². The van der Waals surface area contributed by atoms with Crippen LogP contribution in [0, 0.1) is 5.82 Å². The molecule has 2 rings (SSSR count). The molecule has 2 amide bonds. The van der Waals surface area contributed by atoms with Crippen molar-refractivity contribution in [3.63, 3.8) is 0 Å². The van der Waals surface area contributed by atoms with E-state index in [-0.39, 0.29) is 24.4 Å². The van der Waals surface area contributed by atoms with Crippen LogP contribution in [0.5, 0.6) is 0 Å². The largest absolute Gasteiger partial charge is 0.387 e. The zero-order chi connectivity index (χ0) is 14.4. The minimum Gasteiger partial charge on any atom is -0.387 e. The van der Waals surface area contributed by atoms with Crippen molar-refractivity contribution in [3.8, 4) is 0 Å². The maximum atomic E-state index is 12.8. The van der Waals surface area contributed by atoms with Gasteiger partial charge in [0.05, 0.1) is 6.10 Å². The summed E-state index contributed by atoms with van der Waals surface area (Å²) < 4.78 is 12.8. The number of aliphatic hydroxyl groups excluding tert-OH is 1. The molecule has 108 valence electrons. The van der Waals surface area contributed by atoms with Crippen LogP contribution in [0.15, 0.2) is 36.4 Å². The van der Waals surface area contributed by atoms with Crippen LogP contribution in [0.3, 0.4) is 0 Å². The third kappa shape index (κ3) is 4.35. The molecule has 0 bridgehead atoms. The third-order valence-corrected chi connectivity index (χ3v) is 3.32. The predicted molar refractivity (Wildman–Crippen MR) is 74.7 cm³/mol. The zero-order valence-electron chi connectivity index (χ0n) is 11.2. The van der Waals surface area contributed by atoms with Crippen LogP contribution < -0.4 is 10.6 Å². The van der Waals surface area contributed by atoms with Crippen molar-refractivity contribution in [2.45, 2.75) is 31.4 Å². The van der Waals surface area contributed by atoms with Crippen LogP contribution >= 0.6 is 0 Å². The Balaban J connectivity index is 1.75. The number of benzene rings is 1. The molecule has 0 aromatic heterocycles. The molecule has 0 aliphatic heterocycles. The van der Waals surface area contributed by atoms with E-state index >= 15 is 0 Å².